The summed E-state index contributed by atoms with van der Waals surface area (Å²) in [6.07, 6.45) is 1.52. The first-order valence-electron chi connectivity index (χ1n) is 5.54. The van der Waals surface area contributed by atoms with E-state index in [-0.39, 0.29) is 18.4 Å². The van der Waals surface area contributed by atoms with Gasteiger partial charge in [-0.25, -0.2) is 13.1 Å². The molecule has 18 heavy (non-hydrogen) atoms. The van der Waals surface area contributed by atoms with Gasteiger partial charge in [-0.15, -0.1) is 6.58 Å². The van der Waals surface area contributed by atoms with Crippen LogP contribution >= 0.6 is 0 Å². The van der Waals surface area contributed by atoms with Gasteiger partial charge in [0.2, 0.25) is 10.0 Å². The van der Waals surface area contributed by atoms with Gasteiger partial charge in [-0.2, -0.15) is 0 Å². The lowest BCUT2D eigenvalue weighted by molar-refractivity contribution is 0.340. The predicted molar refractivity (Wildman–Crippen MR) is 72.9 cm³/mol. The van der Waals surface area contributed by atoms with Crippen LogP contribution in [0, 0.1) is 0 Å². The van der Waals surface area contributed by atoms with E-state index in [1.807, 2.05) is 0 Å². The lowest BCUT2D eigenvalue weighted by atomic mass is 10.3. The van der Waals surface area contributed by atoms with Crippen molar-refractivity contribution in [2.24, 2.45) is 0 Å². The van der Waals surface area contributed by atoms with Gasteiger partial charge >= 0.3 is 0 Å². The summed E-state index contributed by atoms with van der Waals surface area (Å²) in [7, 11) is -3.35. The molecule has 0 saturated carbocycles. The molecule has 100 valence electrons. The Hall–Kier alpha value is -1.53. The Morgan fingerprint density at radius 1 is 1.56 bits per heavy atom. The zero-order valence-electron chi connectivity index (χ0n) is 10.3. The molecular weight excluding hydrogens is 252 g/mol. The second-order valence-corrected chi connectivity index (χ2v) is 5.76. The molecule has 1 rings (SSSR count). The lowest BCUT2D eigenvalue weighted by Gasteiger charge is -2.11. The van der Waals surface area contributed by atoms with Crippen molar-refractivity contribution in [3.63, 3.8) is 0 Å². The second-order valence-electron chi connectivity index (χ2n) is 3.88. The van der Waals surface area contributed by atoms with Crippen molar-refractivity contribution in [2.45, 2.75) is 13.0 Å². The third-order valence-corrected chi connectivity index (χ3v) is 3.63. The third-order valence-electron chi connectivity index (χ3n) is 2.20. The van der Waals surface area contributed by atoms with Crippen molar-refractivity contribution in [1.29, 1.82) is 0 Å². The SMILES string of the molecule is C=CC(C)NS(=O)(=O)CCOc1cccc(N)c1. The molecule has 0 aliphatic rings. The number of rotatable bonds is 7. The Morgan fingerprint density at radius 2 is 2.28 bits per heavy atom. The minimum Gasteiger partial charge on any atom is -0.492 e. The Labute approximate surface area is 108 Å². The predicted octanol–water partition coefficient (Wildman–Crippen LogP) is 1.14. The standard InChI is InChI=1S/C12H18N2O3S/c1-3-10(2)14-18(15,16)8-7-17-12-6-4-5-11(13)9-12/h3-6,9-10,14H,1,7-8,13H2,2H3. The van der Waals surface area contributed by atoms with E-state index < -0.39 is 10.0 Å². The molecule has 0 aliphatic carbocycles. The summed E-state index contributed by atoms with van der Waals surface area (Å²) in [5, 5.41) is 0. The quantitative estimate of drug-likeness (QED) is 0.575. The Kier molecular flexibility index (Phi) is 5.18. The summed E-state index contributed by atoms with van der Waals surface area (Å²) in [6.45, 7) is 5.29. The first kappa shape index (κ1) is 14.5. The molecule has 0 amide bonds. The van der Waals surface area contributed by atoms with Gasteiger partial charge in [0.1, 0.15) is 12.4 Å². The zero-order chi connectivity index (χ0) is 13.6. The maximum atomic E-state index is 11.6. The first-order valence-corrected chi connectivity index (χ1v) is 7.19. The molecule has 1 aromatic rings. The first-order chi connectivity index (χ1) is 8.43. The molecule has 1 aromatic carbocycles. The molecular formula is C12H18N2O3S. The highest BCUT2D eigenvalue weighted by atomic mass is 32.2. The van der Waals surface area contributed by atoms with Gasteiger partial charge in [0.15, 0.2) is 0 Å². The number of nitrogen functional groups attached to an aromatic ring is 1. The van der Waals surface area contributed by atoms with Crippen LogP contribution < -0.4 is 15.2 Å². The fourth-order valence-corrected chi connectivity index (χ4v) is 2.35. The fourth-order valence-electron chi connectivity index (χ4n) is 1.26. The summed E-state index contributed by atoms with van der Waals surface area (Å²) in [5.41, 5.74) is 6.16. The zero-order valence-corrected chi connectivity index (χ0v) is 11.1. The van der Waals surface area contributed by atoms with E-state index in [2.05, 4.69) is 11.3 Å². The van der Waals surface area contributed by atoms with Crippen molar-refractivity contribution in [3.05, 3.63) is 36.9 Å². The summed E-state index contributed by atoms with van der Waals surface area (Å²) < 4.78 is 31.0. The average molecular weight is 270 g/mol. The van der Waals surface area contributed by atoms with E-state index in [1.54, 1.807) is 31.2 Å². The molecule has 0 aliphatic heterocycles. The van der Waals surface area contributed by atoms with Crippen molar-refractivity contribution in [1.82, 2.24) is 4.72 Å². The van der Waals surface area contributed by atoms with Crippen molar-refractivity contribution >= 4 is 15.7 Å². The van der Waals surface area contributed by atoms with Crippen LogP contribution in [0.1, 0.15) is 6.92 Å². The highest BCUT2D eigenvalue weighted by Crippen LogP contribution is 2.14. The number of hydrogen-bond acceptors (Lipinski definition) is 4. The molecule has 0 saturated heterocycles. The minimum atomic E-state index is -3.35. The molecule has 0 heterocycles. The van der Waals surface area contributed by atoms with E-state index in [1.165, 1.54) is 6.08 Å². The molecule has 1 atom stereocenters. The van der Waals surface area contributed by atoms with Gasteiger partial charge in [0.25, 0.3) is 0 Å². The molecule has 0 radical (unpaired) electrons. The van der Waals surface area contributed by atoms with E-state index in [0.29, 0.717) is 11.4 Å². The number of nitrogens with one attached hydrogen (secondary N) is 1. The normalized spacial score (nSPS) is 12.9. The maximum absolute atomic E-state index is 11.6. The number of sulfonamides is 1. The second kappa shape index (κ2) is 6.42. The van der Waals surface area contributed by atoms with Gasteiger partial charge in [-0.05, 0) is 19.1 Å². The van der Waals surface area contributed by atoms with Gasteiger partial charge < -0.3 is 10.5 Å². The Balaban J connectivity index is 2.44. The Bertz CT molecular complexity index is 500. The molecule has 0 spiro atoms. The number of ether oxygens (including phenoxy) is 1. The van der Waals surface area contributed by atoms with Gasteiger partial charge in [0.05, 0.1) is 5.75 Å². The summed E-state index contributed by atoms with van der Waals surface area (Å²) >= 11 is 0. The van der Waals surface area contributed by atoms with Gasteiger partial charge in [-0.1, -0.05) is 12.1 Å². The minimum absolute atomic E-state index is 0.0721. The van der Waals surface area contributed by atoms with Crippen molar-refractivity contribution in [3.8, 4) is 5.75 Å². The lowest BCUT2D eigenvalue weighted by Crippen LogP contribution is -2.34. The summed E-state index contributed by atoms with van der Waals surface area (Å²) in [6, 6.07) is 6.56. The fraction of sp³-hybridized carbons (Fsp3) is 0.333. The van der Waals surface area contributed by atoms with Crippen LogP contribution in [0.4, 0.5) is 5.69 Å². The van der Waals surface area contributed by atoms with E-state index in [9.17, 15) is 8.42 Å². The van der Waals surface area contributed by atoms with E-state index in [4.69, 9.17) is 10.5 Å². The third kappa shape index (κ3) is 5.20. The molecule has 5 nitrogen and oxygen atoms in total. The van der Waals surface area contributed by atoms with E-state index >= 15 is 0 Å². The smallest absolute Gasteiger partial charge is 0.215 e. The number of benzene rings is 1. The van der Waals surface area contributed by atoms with Crippen LogP contribution in [-0.4, -0.2) is 26.8 Å². The summed E-state index contributed by atoms with van der Waals surface area (Å²) in [5.74, 6) is 0.446. The van der Waals surface area contributed by atoms with Crippen molar-refractivity contribution in [2.75, 3.05) is 18.1 Å². The highest BCUT2D eigenvalue weighted by molar-refractivity contribution is 7.89. The molecule has 1 unspecified atom stereocenters. The molecule has 0 bridgehead atoms. The largest absolute Gasteiger partial charge is 0.492 e. The van der Waals surface area contributed by atoms with Crippen LogP contribution in [0.2, 0.25) is 0 Å². The summed E-state index contributed by atoms with van der Waals surface area (Å²) in [4.78, 5) is 0. The van der Waals surface area contributed by atoms with Crippen LogP contribution in [-0.2, 0) is 10.0 Å². The van der Waals surface area contributed by atoms with Crippen LogP contribution in [0.3, 0.4) is 0 Å². The van der Waals surface area contributed by atoms with Crippen molar-refractivity contribution < 1.29 is 13.2 Å². The molecule has 0 fully saturated rings. The topological polar surface area (TPSA) is 81.4 Å². The molecule has 6 heteroatoms. The van der Waals surface area contributed by atoms with Gasteiger partial charge in [0, 0.05) is 17.8 Å². The maximum Gasteiger partial charge on any atom is 0.215 e. The molecule has 3 N–H and O–H groups in total. The number of anilines is 1. The number of nitrogens with two attached hydrogens (primary N) is 1. The monoisotopic (exact) mass is 270 g/mol. The Morgan fingerprint density at radius 3 is 2.89 bits per heavy atom. The van der Waals surface area contributed by atoms with Crippen LogP contribution in [0.5, 0.6) is 5.75 Å². The average Bonchev–Trinajstić information content (AvgIpc) is 2.28. The number of hydrogen-bond donors (Lipinski definition) is 2. The molecule has 0 aromatic heterocycles. The van der Waals surface area contributed by atoms with Crippen LogP contribution in [0.15, 0.2) is 36.9 Å². The van der Waals surface area contributed by atoms with Crippen LogP contribution in [0.25, 0.3) is 0 Å². The van der Waals surface area contributed by atoms with Gasteiger partial charge in [-0.3, -0.25) is 0 Å². The highest BCUT2D eigenvalue weighted by Gasteiger charge is 2.12. The van der Waals surface area contributed by atoms with E-state index in [0.717, 1.165) is 0 Å².